The van der Waals surface area contributed by atoms with Crippen molar-refractivity contribution in [3.05, 3.63) is 96.3 Å². The number of furan rings is 2. The summed E-state index contributed by atoms with van der Waals surface area (Å²) in [7, 11) is 0. The Morgan fingerprint density at radius 3 is 2.58 bits per heavy atom. The average Bonchev–Trinajstić information content (AvgIpc) is 3.69. The van der Waals surface area contributed by atoms with Crippen LogP contribution in [0.25, 0.3) is 10.8 Å². The average molecular weight is 482 g/mol. The minimum absolute atomic E-state index is 0.376. The van der Waals surface area contributed by atoms with Gasteiger partial charge in [-0.3, -0.25) is 14.5 Å². The SMILES string of the molecule is CC1(c2cccc3ccccc23)NC(=O)N(CC(=O)N2N=C(c3ccco3)CC2c2ccco2)C1=O. The molecule has 1 fully saturated rings. The van der Waals surface area contributed by atoms with E-state index in [1.54, 1.807) is 31.2 Å². The summed E-state index contributed by atoms with van der Waals surface area (Å²) >= 11 is 0. The zero-order valence-corrected chi connectivity index (χ0v) is 19.4. The number of hydrazone groups is 1. The number of rotatable bonds is 5. The molecule has 180 valence electrons. The van der Waals surface area contributed by atoms with Crippen LogP contribution < -0.4 is 5.32 Å². The third-order valence-electron chi connectivity index (χ3n) is 6.74. The van der Waals surface area contributed by atoms with E-state index in [-0.39, 0.29) is 0 Å². The molecule has 1 saturated heterocycles. The summed E-state index contributed by atoms with van der Waals surface area (Å²) in [6, 6.07) is 19.1. The number of carbonyl (C=O) groups is 3. The van der Waals surface area contributed by atoms with Crippen molar-refractivity contribution in [3.8, 4) is 0 Å². The molecule has 0 radical (unpaired) electrons. The molecule has 0 spiro atoms. The van der Waals surface area contributed by atoms with Gasteiger partial charge in [0.2, 0.25) is 0 Å². The molecule has 9 heteroatoms. The van der Waals surface area contributed by atoms with E-state index in [1.165, 1.54) is 17.5 Å². The Labute approximate surface area is 206 Å². The lowest BCUT2D eigenvalue weighted by atomic mass is 9.88. The fourth-order valence-electron chi connectivity index (χ4n) is 4.93. The van der Waals surface area contributed by atoms with Gasteiger partial charge in [-0.15, -0.1) is 0 Å². The zero-order valence-electron chi connectivity index (χ0n) is 19.4. The Bertz CT molecular complexity index is 1500. The highest BCUT2D eigenvalue weighted by Crippen LogP contribution is 2.36. The van der Waals surface area contributed by atoms with E-state index < -0.39 is 36.0 Å². The zero-order chi connectivity index (χ0) is 24.9. The van der Waals surface area contributed by atoms with Gasteiger partial charge in [0, 0.05) is 6.42 Å². The standard InChI is InChI=1S/C27H22N4O5/c1-27(19-10-4-8-17-7-2-3-9-18(17)19)25(33)30(26(34)28-27)16-24(32)31-21(23-12-6-14-36-23)15-20(29-31)22-11-5-13-35-22/h2-14,21H,15-16H2,1H3,(H,28,34). The molecule has 2 aromatic heterocycles. The summed E-state index contributed by atoms with van der Waals surface area (Å²) in [5, 5.41) is 10.3. The van der Waals surface area contributed by atoms with E-state index in [4.69, 9.17) is 8.83 Å². The molecule has 0 bridgehead atoms. The Hall–Kier alpha value is -4.66. The molecule has 36 heavy (non-hydrogen) atoms. The van der Waals surface area contributed by atoms with E-state index in [0.717, 1.165) is 15.7 Å². The van der Waals surface area contributed by atoms with Crippen LogP contribution in [0.3, 0.4) is 0 Å². The lowest BCUT2D eigenvalue weighted by Gasteiger charge is -2.25. The van der Waals surface area contributed by atoms with Crippen molar-refractivity contribution in [2.24, 2.45) is 5.10 Å². The normalized spacial score (nSPS) is 21.8. The van der Waals surface area contributed by atoms with Crippen LogP contribution in [0.4, 0.5) is 4.79 Å². The molecule has 2 aromatic carbocycles. The first kappa shape index (κ1) is 21.8. The minimum atomic E-state index is -1.31. The molecule has 6 rings (SSSR count). The number of benzene rings is 2. The van der Waals surface area contributed by atoms with Crippen LogP contribution in [0.2, 0.25) is 0 Å². The van der Waals surface area contributed by atoms with Gasteiger partial charge < -0.3 is 14.2 Å². The van der Waals surface area contributed by atoms with E-state index in [1.807, 2.05) is 42.5 Å². The van der Waals surface area contributed by atoms with Gasteiger partial charge in [-0.2, -0.15) is 5.10 Å². The molecule has 2 aliphatic rings. The van der Waals surface area contributed by atoms with Crippen LogP contribution in [0.15, 0.2) is 93.2 Å². The van der Waals surface area contributed by atoms with Crippen molar-refractivity contribution in [1.82, 2.24) is 15.2 Å². The molecule has 2 unspecified atom stereocenters. The molecule has 4 heterocycles. The van der Waals surface area contributed by atoms with Gasteiger partial charge in [0.05, 0.1) is 12.5 Å². The molecule has 4 amide bonds. The molecule has 2 atom stereocenters. The maximum absolute atomic E-state index is 13.6. The Morgan fingerprint density at radius 1 is 1.03 bits per heavy atom. The van der Waals surface area contributed by atoms with Crippen LogP contribution in [0.1, 0.15) is 36.5 Å². The molecular weight excluding hydrogens is 460 g/mol. The first-order valence-corrected chi connectivity index (χ1v) is 11.5. The quantitative estimate of drug-likeness (QED) is 0.430. The Morgan fingerprint density at radius 2 is 1.81 bits per heavy atom. The fourth-order valence-corrected chi connectivity index (χ4v) is 4.93. The van der Waals surface area contributed by atoms with Crippen LogP contribution in [-0.4, -0.2) is 40.0 Å². The summed E-state index contributed by atoms with van der Waals surface area (Å²) in [6.07, 6.45) is 3.43. The second-order valence-electron chi connectivity index (χ2n) is 8.97. The monoisotopic (exact) mass is 482 g/mol. The molecule has 0 saturated carbocycles. The molecule has 4 aromatic rings. The highest BCUT2D eigenvalue weighted by Gasteiger charge is 2.51. The number of nitrogens with zero attached hydrogens (tertiary/aromatic N) is 3. The van der Waals surface area contributed by atoms with Crippen molar-refractivity contribution in [3.63, 3.8) is 0 Å². The maximum Gasteiger partial charge on any atom is 0.325 e. The van der Waals surface area contributed by atoms with Crippen molar-refractivity contribution < 1.29 is 23.2 Å². The summed E-state index contributed by atoms with van der Waals surface area (Å²) in [4.78, 5) is 41.0. The maximum atomic E-state index is 13.6. The van der Waals surface area contributed by atoms with Crippen LogP contribution in [0.5, 0.6) is 0 Å². The van der Waals surface area contributed by atoms with Gasteiger partial charge in [0.1, 0.15) is 35.4 Å². The fraction of sp³-hybridized carbons (Fsp3) is 0.185. The molecule has 1 N–H and O–H groups in total. The van der Waals surface area contributed by atoms with E-state index in [9.17, 15) is 14.4 Å². The minimum Gasteiger partial charge on any atom is -0.467 e. The smallest absolute Gasteiger partial charge is 0.325 e. The number of urea groups is 1. The highest BCUT2D eigenvalue weighted by molar-refractivity contribution is 6.11. The lowest BCUT2D eigenvalue weighted by molar-refractivity contribution is -0.140. The van der Waals surface area contributed by atoms with Gasteiger partial charge in [-0.25, -0.2) is 9.80 Å². The second kappa shape index (κ2) is 8.23. The number of nitrogens with one attached hydrogen (secondary N) is 1. The molecule has 9 nitrogen and oxygen atoms in total. The highest BCUT2D eigenvalue weighted by atomic mass is 16.3. The number of fused-ring (bicyclic) bond motifs is 1. The van der Waals surface area contributed by atoms with Gasteiger partial charge in [0.15, 0.2) is 0 Å². The van der Waals surface area contributed by atoms with Crippen LogP contribution in [0, 0.1) is 0 Å². The number of hydrogen-bond donors (Lipinski definition) is 1. The lowest BCUT2D eigenvalue weighted by Crippen LogP contribution is -2.43. The van der Waals surface area contributed by atoms with Gasteiger partial charge >= 0.3 is 6.03 Å². The van der Waals surface area contributed by atoms with Gasteiger partial charge in [-0.1, -0.05) is 42.5 Å². The van der Waals surface area contributed by atoms with Crippen molar-refractivity contribution in [1.29, 1.82) is 0 Å². The third-order valence-corrected chi connectivity index (χ3v) is 6.74. The number of hydrogen-bond acceptors (Lipinski definition) is 6. The predicted molar refractivity (Wildman–Crippen MR) is 130 cm³/mol. The van der Waals surface area contributed by atoms with E-state index in [0.29, 0.717) is 29.2 Å². The van der Waals surface area contributed by atoms with E-state index >= 15 is 0 Å². The Balaban J connectivity index is 1.30. The topological polar surface area (TPSA) is 108 Å². The first-order valence-electron chi connectivity index (χ1n) is 11.5. The Kier molecular flexibility index (Phi) is 4.99. The summed E-state index contributed by atoms with van der Waals surface area (Å²) < 4.78 is 11.0. The van der Waals surface area contributed by atoms with Crippen LogP contribution in [-0.2, 0) is 15.1 Å². The number of imide groups is 1. The number of carbonyl (C=O) groups excluding carboxylic acids is 3. The molecule has 0 aliphatic carbocycles. The summed E-state index contributed by atoms with van der Waals surface area (Å²) in [5.41, 5.74) is -0.0686. The third kappa shape index (κ3) is 3.39. The first-order chi connectivity index (χ1) is 17.5. The summed E-state index contributed by atoms with van der Waals surface area (Å²) in [5.74, 6) is 0.0802. The van der Waals surface area contributed by atoms with Crippen molar-refractivity contribution in [2.75, 3.05) is 6.54 Å². The molecular formula is C27H22N4O5. The predicted octanol–water partition coefficient (Wildman–Crippen LogP) is 4.17. The van der Waals surface area contributed by atoms with Crippen molar-refractivity contribution >= 4 is 34.3 Å². The summed E-state index contributed by atoms with van der Waals surface area (Å²) in [6.45, 7) is 1.20. The van der Waals surface area contributed by atoms with E-state index in [2.05, 4.69) is 10.4 Å². The van der Waals surface area contributed by atoms with Gasteiger partial charge in [-0.05, 0) is 47.5 Å². The second-order valence-corrected chi connectivity index (χ2v) is 8.97. The molecule has 2 aliphatic heterocycles. The van der Waals surface area contributed by atoms with Crippen LogP contribution >= 0.6 is 0 Å². The van der Waals surface area contributed by atoms with Crippen molar-refractivity contribution in [2.45, 2.75) is 24.9 Å². The number of amides is 4. The van der Waals surface area contributed by atoms with Gasteiger partial charge in [0.25, 0.3) is 11.8 Å². The largest absolute Gasteiger partial charge is 0.467 e.